The van der Waals surface area contributed by atoms with E-state index < -0.39 is 0 Å². The second-order valence-corrected chi connectivity index (χ2v) is 8.74. The lowest BCUT2D eigenvalue weighted by molar-refractivity contribution is 0.156. The third-order valence-corrected chi connectivity index (χ3v) is 6.33. The zero-order valence-electron chi connectivity index (χ0n) is 12.8. The van der Waals surface area contributed by atoms with Crippen molar-refractivity contribution in [1.82, 2.24) is 5.32 Å². The van der Waals surface area contributed by atoms with Crippen LogP contribution in [0, 0.1) is 5.92 Å². The molecule has 0 aromatic rings. The fourth-order valence-electron chi connectivity index (χ4n) is 3.90. The Morgan fingerprint density at radius 3 is 2.68 bits per heavy atom. The summed E-state index contributed by atoms with van der Waals surface area (Å²) in [6, 6.07) is 0.464. The van der Waals surface area contributed by atoms with Crippen LogP contribution in [0.1, 0.15) is 65.7 Å². The molecule has 0 radical (unpaired) electrons. The molecule has 2 N–H and O–H groups in total. The highest BCUT2D eigenvalue weighted by molar-refractivity contribution is 8.00. The van der Waals surface area contributed by atoms with Gasteiger partial charge in [0.25, 0.3) is 0 Å². The van der Waals surface area contributed by atoms with E-state index in [-0.39, 0.29) is 5.54 Å². The van der Waals surface area contributed by atoms with Crippen LogP contribution in [0.25, 0.3) is 0 Å². The molecule has 2 nitrogen and oxygen atoms in total. The maximum Gasteiger partial charge on any atom is 0.0613 e. The molecule has 4 atom stereocenters. The second kappa shape index (κ2) is 6.82. The largest absolute Gasteiger partial charge is 0.394 e. The molecule has 0 heterocycles. The van der Waals surface area contributed by atoms with E-state index in [1.165, 1.54) is 32.1 Å². The van der Waals surface area contributed by atoms with Gasteiger partial charge in [-0.2, -0.15) is 11.8 Å². The van der Waals surface area contributed by atoms with E-state index in [0.717, 1.165) is 29.3 Å². The summed E-state index contributed by atoms with van der Waals surface area (Å²) in [7, 11) is 0. The summed E-state index contributed by atoms with van der Waals surface area (Å²) in [4.78, 5) is 0. The summed E-state index contributed by atoms with van der Waals surface area (Å²) < 4.78 is 0. The molecule has 0 spiro atoms. The quantitative estimate of drug-likeness (QED) is 0.810. The third kappa shape index (κ3) is 4.37. The van der Waals surface area contributed by atoms with Crippen molar-refractivity contribution in [1.29, 1.82) is 0 Å². The van der Waals surface area contributed by atoms with Gasteiger partial charge in [-0.25, -0.2) is 0 Å². The van der Waals surface area contributed by atoms with Crippen LogP contribution in [0.15, 0.2) is 0 Å². The molecule has 0 saturated heterocycles. The Hall–Kier alpha value is 0.270. The fraction of sp³-hybridized carbons (Fsp3) is 1.00. The Labute approximate surface area is 123 Å². The minimum absolute atomic E-state index is 0.00607. The average molecular weight is 285 g/mol. The van der Waals surface area contributed by atoms with Gasteiger partial charge in [0, 0.05) is 22.1 Å². The zero-order valence-corrected chi connectivity index (χ0v) is 13.6. The van der Waals surface area contributed by atoms with Crippen LogP contribution in [0.3, 0.4) is 0 Å². The smallest absolute Gasteiger partial charge is 0.0613 e. The van der Waals surface area contributed by atoms with Gasteiger partial charge in [0.2, 0.25) is 0 Å². The van der Waals surface area contributed by atoms with Crippen LogP contribution in [0.2, 0.25) is 0 Å². The highest BCUT2D eigenvalue weighted by Crippen LogP contribution is 2.42. The predicted octanol–water partition coefficient (Wildman–Crippen LogP) is 3.58. The van der Waals surface area contributed by atoms with Gasteiger partial charge in [0.05, 0.1) is 6.61 Å². The van der Waals surface area contributed by atoms with Crippen molar-refractivity contribution in [3.8, 4) is 0 Å². The van der Waals surface area contributed by atoms with Crippen LogP contribution in [0.5, 0.6) is 0 Å². The fourth-order valence-corrected chi connectivity index (χ4v) is 5.86. The minimum Gasteiger partial charge on any atom is -0.394 e. The number of hydrogen-bond donors (Lipinski definition) is 2. The number of aliphatic hydroxyl groups is 1. The van der Waals surface area contributed by atoms with Crippen molar-refractivity contribution in [3.63, 3.8) is 0 Å². The van der Waals surface area contributed by atoms with E-state index in [9.17, 15) is 5.11 Å². The molecule has 2 rings (SSSR count). The molecule has 0 amide bonds. The number of nitrogens with one attached hydrogen (secondary N) is 1. The Morgan fingerprint density at radius 2 is 2.05 bits per heavy atom. The molecule has 3 heteroatoms. The molecule has 0 aromatic heterocycles. The molecular weight excluding hydrogens is 254 g/mol. The second-order valence-electron chi connectivity index (χ2n) is 7.13. The Balaban J connectivity index is 1.83. The first-order valence-electron chi connectivity index (χ1n) is 8.07. The molecule has 112 valence electrons. The van der Waals surface area contributed by atoms with E-state index >= 15 is 0 Å². The summed E-state index contributed by atoms with van der Waals surface area (Å²) in [5.41, 5.74) is 0.00607. The van der Waals surface area contributed by atoms with E-state index in [2.05, 4.69) is 37.8 Å². The van der Waals surface area contributed by atoms with E-state index in [0.29, 0.717) is 12.6 Å². The lowest BCUT2D eigenvalue weighted by Crippen LogP contribution is -2.49. The highest BCUT2D eigenvalue weighted by Gasteiger charge is 2.40. The standard InChI is InChI=1S/C16H31NOS/c1-12(2)17-16(11-18)8-7-15(10-16)19-14-6-4-5-13(3)9-14/h12-15,17-18H,4-11H2,1-3H3. The van der Waals surface area contributed by atoms with Gasteiger partial charge < -0.3 is 10.4 Å². The Kier molecular flexibility index (Phi) is 5.62. The monoisotopic (exact) mass is 285 g/mol. The molecule has 2 aliphatic carbocycles. The van der Waals surface area contributed by atoms with Crippen molar-refractivity contribution in [3.05, 3.63) is 0 Å². The van der Waals surface area contributed by atoms with Gasteiger partial charge in [-0.3, -0.25) is 0 Å². The maximum absolute atomic E-state index is 9.76. The van der Waals surface area contributed by atoms with Crippen molar-refractivity contribution < 1.29 is 5.11 Å². The number of hydrogen-bond acceptors (Lipinski definition) is 3. The van der Waals surface area contributed by atoms with E-state index in [1.54, 1.807) is 0 Å². The lowest BCUT2D eigenvalue weighted by Gasteiger charge is -2.32. The van der Waals surface area contributed by atoms with Gasteiger partial charge in [-0.05, 0) is 38.0 Å². The number of rotatable bonds is 5. The maximum atomic E-state index is 9.76. The molecule has 0 bridgehead atoms. The van der Waals surface area contributed by atoms with Crippen LogP contribution >= 0.6 is 11.8 Å². The topological polar surface area (TPSA) is 32.3 Å². The minimum atomic E-state index is 0.00607. The molecule has 0 aromatic carbocycles. The molecule has 19 heavy (non-hydrogen) atoms. The highest BCUT2D eigenvalue weighted by atomic mass is 32.2. The van der Waals surface area contributed by atoms with Gasteiger partial charge in [-0.15, -0.1) is 0 Å². The summed E-state index contributed by atoms with van der Waals surface area (Å²) >= 11 is 2.23. The summed E-state index contributed by atoms with van der Waals surface area (Å²) in [5, 5.41) is 15.0. The van der Waals surface area contributed by atoms with Crippen LogP contribution in [-0.2, 0) is 0 Å². The van der Waals surface area contributed by atoms with Crippen LogP contribution < -0.4 is 5.32 Å². The van der Waals surface area contributed by atoms with Gasteiger partial charge in [-0.1, -0.05) is 33.6 Å². The van der Waals surface area contributed by atoms with Crippen LogP contribution in [0.4, 0.5) is 0 Å². The first kappa shape index (κ1) is 15.7. The average Bonchev–Trinajstić information content (AvgIpc) is 2.72. The van der Waals surface area contributed by atoms with Crippen molar-refractivity contribution in [2.75, 3.05) is 6.61 Å². The third-order valence-electron chi connectivity index (χ3n) is 4.73. The summed E-state index contributed by atoms with van der Waals surface area (Å²) in [6.07, 6.45) is 9.23. The predicted molar refractivity (Wildman–Crippen MR) is 84.7 cm³/mol. The van der Waals surface area contributed by atoms with Gasteiger partial charge in [0.15, 0.2) is 0 Å². The molecule has 4 unspecified atom stereocenters. The normalized spacial score (nSPS) is 39.9. The number of thioether (sulfide) groups is 1. The number of aliphatic hydroxyl groups excluding tert-OH is 1. The Bertz CT molecular complexity index is 284. The van der Waals surface area contributed by atoms with E-state index in [1.807, 2.05) is 0 Å². The van der Waals surface area contributed by atoms with Crippen LogP contribution in [-0.4, -0.2) is 33.8 Å². The Morgan fingerprint density at radius 1 is 1.26 bits per heavy atom. The van der Waals surface area contributed by atoms with Crippen molar-refractivity contribution in [2.24, 2.45) is 5.92 Å². The zero-order chi connectivity index (χ0) is 13.9. The molecule has 0 aliphatic heterocycles. The first-order chi connectivity index (χ1) is 9.03. The van der Waals surface area contributed by atoms with Crippen molar-refractivity contribution in [2.45, 2.75) is 87.8 Å². The van der Waals surface area contributed by atoms with E-state index in [4.69, 9.17) is 0 Å². The molecule has 2 saturated carbocycles. The lowest BCUT2D eigenvalue weighted by atomic mass is 9.91. The first-order valence-corrected chi connectivity index (χ1v) is 9.01. The summed E-state index contributed by atoms with van der Waals surface area (Å²) in [5.74, 6) is 0.920. The summed E-state index contributed by atoms with van der Waals surface area (Å²) in [6.45, 7) is 7.06. The van der Waals surface area contributed by atoms with Gasteiger partial charge >= 0.3 is 0 Å². The SMILES string of the molecule is CC1CCCC(SC2CCC(CO)(NC(C)C)C2)C1. The molecular formula is C16H31NOS. The molecule has 2 fully saturated rings. The molecule has 2 aliphatic rings. The van der Waals surface area contributed by atoms with Crippen molar-refractivity contribution >= 4 is 11.8 Å². The van der Waals surface area contributed by atoms with Gasteiger partial charge in [0.1, 0.15) is 0 Å².